The molecule has 0 aliphatic carbocycles. The van der Waals surface area contributed by atoms with E-state index in [-0.39, 0.29) is 41.4 Å². The van der Waals surface area contributed by atoms with E-state index in [4.69, 9.17) is 9.97 Å². The molecule has 0 aromatic carbocycles. The summed E-state index contributed by atoms with van der Waals surface area (Å²) in [5, 5.41) is 0. The molecule has 8 nitrogen and oxygen atoms in total. The molecule has 0 fully saturated rings. The summed E-state index contributed by atoms with van der Waals surface area (Å²) in [4.78, 5) is 24.9. The Labute approximate surface area is 397 Å². The van der Waals surface area contributed by atoms with Gasteiger partial charge >= 0.3 is 0 Å². The van der Waals surface area contributed by atoms with Gasteiger partial charge in [0, 0.05) is 77.2 Å². The van der Waals surface area contributed by atoms with Crippen LogP contribution in [0.25, 0.3) is 46.4 Å². The van der Waals surface area contributed by atoms with Crippen LogP contribution in [0, 0.1) is 0 Å². The quantitative estimate of drug-likeness (QED) is 0.0996. The Bertz CT molecular complexity index is 2650. The molecule has 4 unspecified atom stereocenters. The number of hydrogen-bond donors (Lipinski definition) is 1. The molecule has 6 aliphatic heterocycles. The summed E-state index contributed by atoms with van der Waals surface area (Å²) in [6, 6.07) is 10.9. The van der Waals surface area contributed by atoms with Crippen molar-refractivity contribution in [3.05, 3.63) is 168 Å². The van der Waals surface area contributed by atoms with Gasteiger partial charge in [-0.25, -0.2) is 9.97 Å². The summed E-state index contributed by atoms with van der Waals surface area (Å²) in [5.41, 5.74) is 12.2. The smallest absolute Gasteiger partial charge is 0.125 e. The van der Waals surface area contributed by atoms with Crippen LogP contribution >= 0.6 is 0 Å². The van der Waals surface area contributed by atoms with Crippen LogP contribution in [-0.4, -0.2) is 65.3 Å². The first kappa shape index (κ1) is 45.8. The molecule has 0 amide bonds. The minimum Gasteiger partial charge on any atom is -0.367 e. The van der Waals surface area contributed by atoms with E-state index in [0.717, 1.165) is 111 Å². The Morgan fingerprint density at radius 2 is 0.923 bits per heavy atom. The van der Waals surface area contributed by atoms with Gasteiger partial charge in [-0.05, 0) is 129 Å². The first-order valence-corrected chi connectivity index (χ1v) is 24.2. The molecular weight excluding hydrogens is 840 g/mol. The maximum atomic E-state index is 5.63. The van der Waals surface area contributed by atoms with Crippen molar-refractivity contribution >= 4 is 46.4 Å². The molecule has 8 bridgehead atoms. The molecule has 3 aromatic rings. The molecule has 6 aliphatic rings. The number of aromatic nitrogens is 4. The second-order valence-electron chi connectivity index (χ2n) is 17.7. The van der Waals surface area contributed by atoms with Crippen LogP contribution in [0.2, 0.25) is 0 Å². The largest absolute Gasteiger partial charge is 0.367 e. The van der Waals surface area contributed by atoms with Gasteiger partial charge < -0.3 is 29.2 Å². The monoisotopic (exact) mass is 905 g/mol. The first-order valence-electron chi connectivity index (χ1n) is 24.2. The molecule has 0 spiro atoms. The zero-order chi connectivity index (χ0) is 43.8. The number of nitrogens with one attached hydrogen (secondary N) is 1. The Balaban J connectivity index is 0.00000576. The molecule has 9 rings (SSSR count). The van der Waals surface area contributed by atoms with Crippen LogP contribution in [0.15, 0.2) is 128 Å². The summed E-state index contributed by atoms with van der Waals surface area (Å²) in [7, 11) is 0. The topological polar surface area (TPSA) is 59.5 Å². The molecule has 65 heavy (non-hydrogen) atoms. The average Bonchev–Trinajstić information content (AvgIpc) is 4.15. The average molecular weight is 906 g/mol. The number of rotatable bonds is 16. The molecule has 1 N–H and O–H groups in total. The number of fused-ring (bicyclic) bond motifs is 8. The second-order valence-corrected chi connectivity index (χ2v) is 17.7. The molecule has 3 aromatic heterocycles. The normalized spacial score (nSPS) is 20.5. The standard InChI is InChI=1S/C56H66N8.Mn/c1-5-9-31-60-35-17-13-21-48(60)53-47-30-29-45(59-47)40-44-26-25-42(57-44)39-43-27-28-46(58-43)41-51-54(49-22-14-18-36-61(49)32-10-6-2)55(50-23-15-19-37-62(50)33-11-7-3)56(53)64(51)52-24-16-20-38-63(52)34-12-8-4;/h13-30,35-41,48-50,52,57H,5-12,31-34H2,1-4H3;. The van der Waals surface area contributed by atoms with Gasteiger partial charge in [0.1, 0.15) is 6.17 Å². The molecule has 9 heteroatoms. The van der Waals surface area contributed by atoms with E-state index in [1.54, 1.807) is 0 Å². The zero-order valence-corrected chi connectivity index (χ0v) is 39.9. The number of unbranched alkanes of at least 4 members (excludes halogenated alkanes) is 4. The third kappa shape index (κ3) is 9.78. The molecule has 0 saturated heterocycles. The second kappa shape index (κ2) is 21.5. The summed E-state index contributed by atoms with van der Waals surface area (Å²) in [5.74, 6) is 0. The minimum atomic E-state index is -0.108. The van der Waals surface area contributed by atoms with Crippen molar-refractivity contribution in [1.29, 1.82) is 0 Å². The van der Waals surface area contributed by atoms with Gasteiger partial charge in [-0.1, -0.05) is 95.9 Å². The van der Waals surface area contributed by atoms with E-state index in [9.17, 15) is 0 Å². The Morgan fingerprint density at radius 1 is 0.477 bits per heavy atom. The van der Waals surface area contributed by atoms with Crippen molar-refractivity contribution < 1.29 is 17.1 Å². The van der Waals surface area contributed by atoms with Crippen molar-refractivity contribution in [2.45, 2.75) is 103 Å². The van der Waals surface area contributed by atoms with E-state index < -0.39 is 0 Å². The van der Waals surface area contributed by atoms with Crippen LogP contribution in [0.3, 0.4) is 0 Å². The van der Waals surface area contributed by atoms with Crippen molar-refractivity contribution in [2.75, 3.05) is 26.2 Å². The number of allylic oxidation sites excluding steroid dienone is 8. The summed E-state index contributed by atoms with van der Waals surface area (Å²) in [6.07, 6.45) is 54.5. The number of nitrogens with zero attached hydrogens (tertiary/aromatic N) is 7. The van der Waals surface area contributed by atoms with Gasteiger partial charge in [-0.15, -0.1) is 0 Å². The third-order valence-corrected chi connectivity index (χ3v) is 13.2. The minimum absolute atomic E-state index is 0. The third-order valence-electron chi connectivity index (χ3n) is 13.2. The van der Waals surface area contributed by atoms with Crippen LogP contribution in [0.1, 0.15) is 143 Å². The van der Waals surface area contributed by atoms with Crippen LogP contribution in [0.4, 0.5) is 0 Å². The molecule has 1 radical (unpaired) electrons. The maximum absolute atomic E-state index is 5.63. The predicted octanol–water partition coefficient (Wildman–Crippen LogP) is 13.5. The van der Waals surface area contributed by atoms with Crippen molar-refractivity contribution in [3.63, 3.8) is 0 Å². The summed E-state index contributed by atoms with van der Waals surface area (Å²) >= 11 is 0. The predicted molar refractivity (Wildman–Crippen MR) is 269 cm³/mol. The van der Waals surface area contributed by atoms with Gasteiger partial charge in [0.05, 0.1) is 51.9 Å². The first-order chi connectivity index (χ1) is 31.6. The van der Waals surface area contributed by atoms with Crippen LogP contribution < -0.4 is 0 Å². The maximum Gasteiger partial charge on any atom is 0.125 e. The summed E-state index contributed by atoms with van der Waals surface area (Å²) < 4.78 is 2.71. The Morgan fingerprint density at radius 3 is 1.48 bits per heavy atom. The van der Waals surface area contributed by atoms with Gasteiger partial charge in [0.25, 0.3) is 0 Å². The molecule has 4 atom stereocenters. The SMILES string of the molecule is CCCCN1C=CC=CC1c1c(C2C=CC=CN2CCCC)c2c(C3C=CC=CN3CCCC)c3nc(cc4ccc(cc5nc(cc1n2C1C=CC=CN1CCCC)C=C5)[nH]4)C=C3.[Mn]. The van der Waals surface area contributed by atoms with Gasteiger partial charge in [-0.2, -0.15) is 0 Å². The summed E-state index contributed by atoms with van der Waals surface area (Å²) in [6.45, 7) is 13.0. The van der Waals surface area contributed by atoms with Crippen molar-refractivity contribution in [2.24, 2.45) is 0 Å². The fourth-order valence-electron chi connectivity index (χ4n) is 9.94. The van der Waals surface area contributed by atoms with E-state index in [1.165, 1.54) is 27.7 Å². The Kier molecular flexibility index (Phi) is 15.1. The molecular formula is C56H66MnN8. The van der Waals surface area contributed by atoms with Gasteiger partial charge in [-0.3, -0.25) is 0 Å². The number of H-pyrrole nitrogens is 1. The number of aromatic amines is 1. The van der Waals surface area contributed by atoms with Crippen molar-refractivity contribution in [1.82, 2.24) is 39.1 Å². The van der Waals surface area contributed by atoms with Crippen LogP contribution in [0.5, 0.6) is 0 Å². The fourth-order valence-corrected chi connectivity index (χ4v) is 9.94. The molecule has 9 heterocycles. The van der Waals surface area contributed by atoms with E-state index >= 15 is 0 Å². The number of hydrogen-bond acceptors (Lipinski definition) is 6. The fraction of sp³-hybridized carbons (Fsp3) is 0.357. The van der Waals surface area contributed by atoms with Gasteiger partial charge in [0.2, 0.25) is 0 Å². The van der Waals surface area contributed by atoms with Crippen molar-refractivity contribution in [3.8, 4) is 0 Å². The van der Waals surface area contributed by atoms with E-state index in [0.29, 0.717) is 0 Å². The molecule has 0 saturated carbocycles. The van der Waals surface area contributed by atoms with E-state index in [2.05, 4.69) is 209 Å². The van der Waals surface area contributed by atoms with Crippen LogP contribution in [-0.2, 0) is 17.1 Å². The van der Waals surface area contributed by atoms with E-state index in [1.807, 2.05) is 0 Å². The Hall–Kier alpha value is -5.76. The van der Waals surface area contributed by atoms with Gasteiger partial charge in [0.15, 0.2) is 0 Å². The molecule has 337 valence electrons. The zero-order valence-electron chi connectivity index (χ0n) is 38.7.